The predicted octanol–water partition coefficient (Wildman–Crippen LogP) is 13.5. The van der Waals surface area contributed by atoms with E-state index in [0.29, 0.717) is 0 Å². The summed E-state index contributed by atoms with van der Waals surface area (Å²) in [7, 11) is 0. The minimum absolute atomic E-state index is 0.967. The van der Waals surface area contributed by atoms with E-state index in [1.807, 2.05) is 12.4 Å². The minimum Gasteiger partial charge on any atom is -0.299 e. The van der Waals surface area contributed by atoms with Gasteiger partial charge in [0.05, 0.1) is 11.4 Å². The van der Waals surface area contributed by atoms with Crippen LogP contribution in [0.15, 0.2) is 183 Å². The molecule has 0 aliphatic rings. The Balaban J connectivity index is 0.843. The number of rotatable bonds is 12. The monoisotopic (exact) mass is 778 g/mol. The van der Waals surface area contributed by atoms with E-state index in [1.54, 1.807) is 0 Å². The van der Waals surface area contributed by atoms with Crippen molar-refractivity contribution < 1.29 is 0 Å². The zero-order valence-electron chi connectivity index (χ0n) is 34.9. The topological polar surface area (TPSA) is 35.6 Å². The highest BCUT2D eigenvalue weighted by atomic mass is 15.1. The van der Waals surface area contributed by atoms with Gasteiger partial charge in [-0.25, -0.2) is 9.97 Å². The standard InChI is InChI=1S/C56H50N4/c1-39-33-51(47-15-7-5-8-16-47)34-40(2)53(39)59-31-29-57-55(59)49-19-11-13-45(37-49)27-25-43-21-23-44(24-22-43)26-28-46-14-12-20-50(38-46)56-58-30-32-60(56)54-41(3)35-52(36-42(54)4)48-17-9-6-10-18-48/h5-24,29-38H,25-28H2,1-4H3. The van der Waals surface area contributed by atoms with E-state index in [0.717, 1.165) is 48.5 Å². The lowest BCUT2D eigenvalue weighted by Gasteiger charge is -2.16. The summed E-state index contributed by atoms with van der Waals surface area (Å²) in [6, 6.07) is 57.3. The molecule has 4 heteroatoms. The van der Waals surface area contributed by atoms with Crippen LogP contribution in [-0.2, 0) is 25.7 Å². The van der Waals surface area contributed by atoms with Gasteiger partial charge in [0.2, 0.25) is 0 Å². The van der Waals surface area contributed by atoms with Crippen LogP contribution in [0, 0.1) is 27.7 Å². The van der Waals surface area contributed by atoms with Gasteiger partial charge < -0.3 is 0 Å². The van der Waals surface area contributed by atoms with Crippen LogP contribution in [-0.4, -0.2) is 19.1 Å². The van der Waals surface area contributed by atoms with Gasteiger partial charge in [-0.1, -0.05) is 121 Å². The molecule has 0 N–H and O–H groups in total. The first-order chi connectivity index (χ1) is 29.4. The fourth-order valence-corrected chi connectivity index (χ4v) is 8.84. The Morgan fingerprint density at radius 3 is 1.07 bits per heavy atom. The zero-order valence-corrected chi connectivity index (χ0v) is 34.9. The number of aryl methyl sites for hydroxylation is 8. The van der Waals surface area contributed by atoms with E-state index >= 15 is 0 Å². The van der Waals surface area contributed by atoms with Crippen molar-refractivity contribution in [2.45, 2.75) is 53.4 Å². The van der Waals surface area contributed by atoms with Crippen molar-refractivity contribution in [1.82, 2.24) is 19.1 Å². The van der Waals surface area contributed by atoms with Crippen molar-refractivity contribution in [3.8, 4) is 56.4 Å². The highest BCUT2D eigenvalue weighted by molar-refractivity contribution is 5.72. The molecule has 4 nitrogen and oxygen atoms in total. The molecular formula is C56H50N4. The highest BCUT2D eigenvalue weighted by Gasteiger charge is 2.16. The van der Waals surface area contributed by atoms with Gasteiger partial charge in [-0.15, -0.1) is 0 Å². The van der Waals surface area contributed by atoms with Gasteiger partial charge in [0.15, 0.2) is 0 Å². The van der Waals surface area contributed by atoms with E-state index in [1.165, 1.54) is 78.1 Å². The third kappa shape index (κ3) is 8.15. The van der Waals surface area contributed by atoms with E-state index in [9.17, 15) is 0 Å². The molecule has 9 rings (SSSR count). The summed E-state index contributed by atoms with van der Waals surface area (Å²) in [6.07, 6.45) is 11.9. The number of benzene rings is 7. The molecular weight excluding hydrogens is 729 g/mol. The van der Waals surface area contributed by atoms with Gasteiger partial charge in [0.1, 0.15) is 11.6 Å². The van der Waals surface area contributed by atoms with Gasteiger partial charge in [0.25, 0.3) is 0 Å². The average molecular weight is 779 g/mol. The summed E-state index contributed by atoms with van der Waals surface area (Å²) in [5.74, 6) is 1.93. The Morgan fingerprint density at radius 1 is 0.333 bits per heavy atom. The first kappa shape index (κ1) is 38.5. The van der Waals surface area contributed by atoms with E-state index in [4.69, 9.17) is 9.97 Å². The molecule has 0 saturated heterocycles. The lowest BCUT2D eigenvalue weighted by Crippen LogP contribution is -2.03. The molecule has 60 heavy (non-hydrogen) atoms. The van der Waals surface area contributed by atoms with Crippen LogP contribution in [0.2, 0.25) is 0 Å². The second-order valence-corrected chi connectivity index (χ2v) is 16.1. The average Bonchev–Trinajstić information content (AvgIpc) is 3.97. The molecule has 0 unspecified atom stereocenters. The minimum atomic E-state index is 0.967. The summed E-state index contributed by atoms with van der Waals surface area (Å²) in [6.45, 7) is 8.80. The molecule has 2 heterocycles. The molecule has 7 aromatic carbocycles. The van der Waals surface area contributed by atoms with E-state index in [-0.39, 0.29) is 0 Å². The fraction of sp³-hybridized carbons (Fsp3) is 0.143. The molecule has 0 bridgehead atoms. The van der Waals surface area contributed by atoms with Crippen LogP contribution < -0.4 is 0 Å². The van der Waals surface area contributed by atoms with Gasteiger partial charge in [-0.05, 0) is 157 Å². The molecule has 0 atom stereocenters. The second-order valence-electron chi connectivity index (χ2n) is 16.1. The number of imidazole rings is 2. The first-order valence-corrected chi connectivity index (χ1v) is 21.1. The van der Waals surface area contributed by atoms with Crippen molar-refractivity contribution in [1.29, 1.82) is 0 Å². The Labute approximate surface area is 354 Å². The van der Waals surface area contributed by atoms with Crippen LogP contribution in [0.1, 0.15) is 44.5 Å². The van der Waals surface area contributed by atoms with Crippen molar-refractivity contribution in [3.63, 3.8) is 0 Å². The van der Waals surface area contributed by atoms with Gasteiger partial charge in [-0.3, -0.25) is 9.13 Å². The maximum Gasteiger partial charge on any atom is 0.144 e. The lowest BCUT2D eigenvalue weighted by atomic mass is 9.98. The molecule has 9 aromatic rings. The molecule has 0 aliphatic carbocycles. The molecule has 0 aliphatic heterocycles. The number of aromatic nitrogens is 4. The van der Waals surface area contributed by atoms with Crippen molar-refractivity contribution in [2.24, 2.45) is 0 Å². The van der Waals surface area contributed by atoms with Gasteiger partial charge in [-0.2, -0.15) is 0 Å². The third-order valence-electron chi connectivity index (χ3n) is 11.8. The van der Waals surface area contributed by atoms with Crippen molar-refractivity contribution in [2.75, 3.05) is 0 Å². The first-order valence-electron chi connectivity index (χ1n) is 21.1. The number of nitrogens with zero attached hydrogens (tertiary/aromatic N) is 4. The third-order valence-corrected chi connectivity index (χ3v) is 11.8. The molecule has 0 spiro atoms. The molecule has 0 amide bonds. The summed E-state index contributed by atoms with van der Waals surface area (Å²) in [5, 5.41) is 0. The Hall–Kier alpha value is -7.04. The van der Waals surface area contributed by atoms with E-state index in [2.05, 4.69) is 207 Å². The fourth-order valence-electron chi connectivity index (χ4n) is 8.84. The Morgan fingerprint density at radius 2 is 0.683 bits per heavy atom. The quantitative estimate of drug-likeness (QED) is 0.124. The number of hydrogen-bond acceptors (Lipinski definition) is 2. The van der Waals surface area contributed by atoms with Crippen LogP contribution >= 0.6 is 0 Å². The van der Waals surface area contributed by atoms with Crippen molar-refractivity contribution in [3.05, 3.63) is 227 Å². The normalized spacial score (nSPS) is 11.3. The lowest BCUT2D eigenvalue weighted by molar-refractivity contribution is 0.939. The molecule has 2 aromatic heterocycles. The van der Waals surface area contributed by atoms with Crippen LogP contribution in [0.25, 0.3) is 56.4 Å². The maximum absolute atomic E-state index is 4.84. The molecule has 294 valence electrons. The summed E-state index contributed by atoms with van der Waals surface area (Å²) in [5.41, 5.74) is 19.9. The SMILES string of the molecule is Cc1cc(-c2ccccc2)cc(C)c1-n1ccnc1-c1cccc(CCc2ccc(CCc3cccc(-c4nccn4-c4c(C)cc(-c5ccccc5)cc4C)c3)cc2)c1. The zero-order chi connectivity index (χ0) is 41.0. The Bertz CT molecular complexity index is 2650. The van der Waals surface area contributed by atoms with Crippen molar-refractivity contribution >= 4 is 0 Å². The largest absolute Gasteiger partial charge is 0.299 e. The second kappa shape index (κ2) is 17.1. The molecule has 0 radical (unpaired) electrons. The summed E-state index contributed by atoms with van der Waals surface area (Å²) >= 11 is 0. The maximum atomic E-state index is 4.84. The van der Waals surface area contributed by atoms with Crippen LogP contribution in [0.3, 0.4) is 0 Å². The smallest absolute Gasteiger partial charge is 0.144 e. The van der Waals surface area contributed by atoms with Crippen LogP contribution in [0.5, 0.6) is 0 Å². The van der Waals surface area contributed by atoms with Gasteiger partial charge in [0, 0.05) is 35.9 Å². The predicted molar refractivity (Wildman–Crippen MR) is 249 cm³/mol. The number of hydrogen-bond donors (Lipinski definition) is 0. The van der Waals surface area contributed by atoms with E-state index < -0.39 is 0 Å². The molecule has 0 saturated carbocycles. The summed E-state index contributed by atoms with van der Waals surface area (Å²) in [4.78, 5) is 9.69. The highest BCUT2D eigenvalue weighted by Crippen LogP contribution is 2.33. The van der Waals surface area contributed by atoms with Crippen LogP contribution in [0.4, 0.5) is 0 Å². The summed E-state index contributed by atoms with van der Waals surface area (Å²) < 4.78 is 4.49. The Kier molecular flexibility index (Phi) is 10.9. The van der Waals surface area contributed by atoms with Gasteiger partial charge >= 0.3 is 0 Å². The molecule has 0 fully saturated rings.